The molecule has 4 nitrogen and oxygen atoms in total. The number of ether oxygens (including phenoxy) is 1. The molecule has 1 N–H and O–H groups in total. The van der Waals surface area contributed by atoms with Crippen LogP contribution in [-0.4, -0.2) is 18.2 Å². The van der Waals surface area contributed by atoms with Crippen LogP contribution >= 0.6 is 15.9 Å². The van der Waals surface area contributed by atoms with Gasteiger partial charge >= 0.3 is 5.76 Å². The standard InChI is InChI=1S/C10H8BrNO3/c11-10(4-14-5-10)6-1-2-7-8(3-6)15-9(13)12-7/h1-3H,4-5H2,(H,12,13). The van der Waals surface area contributed by atoms with Gasteiger partial charge in [0.1, 0.15) is 0 Å². The number of hydrogen-bond acceptors (Lipinski definition) is 3. The number of benzene rings is 1. The van der Waals surface area contributed by atoms with Gasteiger partial charge in [0.25, 0.3) is 0 Å². The first-order chi connectivity index (χ1) is 7.17. The summed E-state index contributed by atoms with van der Waals surface area (Å²) in [6.45, 7) is 1.29. The van der Waals surface area contributed by atoms with E-state index in [1.54, 1.807) is 0 Å². The predicted octanol–water partition coefficient (Wildman–Crippen LogP) is 1.74. The minimum absolute atomic E-state index is 0.114. The Balaban J connectivity index is 2.17. The van der Waals surface area contributed by atoms with Crippen molar-refractivity contribution in [2.24, 2.45) is 0 Å². The average Bonchev–Trinajstić information content (AvgIpc) is 2.53. The van der Waals surface area contributed by atoms with Crippen LogP contribution in [0.15, 0.2) is 27.4 Å². The van der Waals surface area contributed by atoms with Crippen molar-refractivity contribution < 1.29 is 9.15 Å². The molecule has 0 bridgehead atoms. The molecular formula is C10H8BrNO3. The fourth-order valence-corrected chi connectivity index (χ4v) is 2.24. The van der Waals surface area contributed by atoms with E-state index < -0.39 is 5.76 Å². The normalized spacial score (nSPS) is 19.0. The molecule has 1 aromatic heterocycles. The lowest BCUT2D eigenvalue weighted by Crippen LogP contribution is -2.40. The van der Waals surface area contributed by atoms with Crippen LogP contribution in [0.4, 0.5) is 0 Å². The van der Waals surface area contributed by atoms with E-state index >= 15 is 0 Å². The van der Waals surface area contributed by atoms with Crippen LogP contribution in [0.2, 0.25) is 0 Å². The second-order valence-electron chi connectivity index (χ2n) is 3.68. The zero-order chi connectivity index (χ0) is 10.5. The van der Waals surface area contributed by atoms with Gasteiger partial charge in [-0.3, -0.25) is 4.98 Å². The van der Waals surface area contributed by atoms with E-state index in [-0.39, 0.29) is 4.32 Å². The van der Waals surface area contributed by atoms with Crippen LogP contribution in [0.25, 0.3) is 11.1 Å². The maximum absolute atomic E-state index is 11.0. The SMILES string of the molecule is O=c1[nH]c2ccc(C3(Br)COC3)cc2o1. The van der Waals surface area contributed by atoms with E-state index in [1.807, 2.05) is 18.2 Å². The molecule has 2 heterocycles. The summed E-state index contributed by atoms with van der Waals surface area (Å²) in [5, 5.41) is 0. The molecule has 1 aromatic carbocycles. The van der Waals surface area contributed by atoms with E-state index in [1.165, 1.54) is 0 Å². The Morgan fingerprint density at radius 3 is 2.87 bits per heavy atom. The highest BCUT2D eigenvalue weighted by atomic mass is 79.9. The van der Waals surface area contributed by atoms with Crippen LogP contribution in [0.5, 0.6) is 0 Å². The fraction of sp³-hybridized carbons (Fsp3) is 0.300. The number of alkyl halides is 1. The van der Waals surface area contributed by atoms with E-state index in [0.717, 1.165) is 11.1 Å². The van der Waals surface area contributed by atoms with Crippen LogP contribution in [0, 0.1) is 0 Å². The maximum atomic E-state index is 11.0. The Kier molecular flexibility index (Phi) is 1.81. The molecule has 78 valence electrons. The van der Waals surface area contributed by atoms with Crippen LogP contribution in [0.3, 0.4) is 0 Å². The van der Waals surface area contributed by atoms with Crippen LogP contribution in [-0.2, 0) is 9.06 Å². The topological polar surface area (TPSA) is 55.2 Å². The summed E-state index contributed by atoms with van der Waals surface area (Å²) in [5.41, 5.74) is 2.38. The van der Waals surface area contributed by atoms with Crippen LogP contribution < -0.4 is 5.76 Å². The number of nitrogens with one attached hydrogen (secondary N) is 1. The molecule has 15 heavy (non-hydrogen) atoms. The van der Waals surface area contributed by atoms with E-state index in [0.29, 0.717) is 18.8 Å². The Hall–Kier alpha value is -1.07. The number of aromatic amines is 1. The summed E-state index contributed by atoms with van der Waals surface area (Å²) in [6.07, 6.45) is 0. The molecular weight excluding hydrogens is 262 g/mol. The molecule has 0 amide bonds. The smallest absolute Gasteiger partial charge is 0.408 e. The van der Waals surface area contributed by atoms with E-state index in [4.69, 9.17) is 9.15 Å². The number of fused-ring (bicyclic) bond motifs is 1. The zero-order valence-corrected chi connectivity index (χ0v) is 9.33. The second kappa shape index (κ2) is 2.96. The first-order valence-corrected chi connectivity index (χ1v) is 5.37. The summed E-state index contributed by atoms with van der Waals surface area (Å²) in [7, 11) is 0. The summed E-state index contributed by atoms with van der Waals surface area (Å²) in [6, 6.07) is 5.67. The van der Waals surface area contributed by atoms with Gasteiger partial charge in [-0.1, -0.05) is 22.0 Å². The Morgan fingerprint density at radius 1 is 1.40 bits per heavy atom. The molecule has 0 unspecified atom stereocenters. The van der Waals surface area contributed by atoms with Crippen molar-refractivity contribution in [1.82, 2.24) is 4.98 Å². The molecule has 1 fully saturated rings. The van der Waals surface area contributed by atoms with Gasteiger partial charge in [-0.05, 0) is 17.7 Å². The third kappa shape index (κ3) is 1.34. The number of rotatable bonds is 1. The van der Waals surface area contributed by atoms with Crippen LogP contribution in [0.1, 0.15) is 5.56 Å². The summed E-state index contributed by atoms with van der Waals surface area (Å²) in [4.78, 5) is 13.6. The van der Waals surface area contributed by atoms with Crippen molar-refractivity contribution >= 4 is 27.0 Å². The maximum Gasteiger partial charge on any atom is 0.417 e. The molecule has 3 rings (SSSR count). The van der Waals surface area contributed by atoms with Gasteiger partial charge in [0.05, 0.1) is 23.1 Å². The molecule has 1 aliphatic rings. The first-order valence-electron chi connectivity index (χ1n) is 4.57. The van der Waals surface area contributed by atoms with Gasteiger partial charge in [-0.2, -0.15) is 0 Å². The Labute approximate surface area is 93.4 Å². The Morgan fingerprint density at radius 2 is 2.20 bits per heavy atom. The first kappa shape index (κ1) is 9.18. The number of H-pyrrole nitrogens is 1. The minimum Gasteiger partial charge on any atom is -0.408 e. The van der Waals surface area contributed by atoms with Gasteiger partial charge < -0.3 is 9.15 Å². The number of halogens is 1. The van der Waals surface area contributed by atoms with E-state index in [2.05, 4.69) is 20.9 Å². The number of hydrogen-bond donors (Lipinski definition) is 1. The minimum atomic E-state index is -0.421. The summed E-state index contributed by atoms with van der Waals surface area (Å²) >= 11 is 3.61. The van der Waals surface area contributed by atoms with Crippen molar-refractivity contribution in [3.05, 3.63) is 34.3 Å². The molecule has 1 saturated heterocycles. The Bertz CT molecular complexity index is 567. The van der Waals surface area contributed by atoms with Gasteiger partial charge in [0.2, 0.25) is 0 Å². The third-order valence-electron chi connectivity index (χ3n) is 2.60. The summed E-state index contributed by atoms with van der Waals surface area (Å²) < 4.78 is 10.0. The molecule has 0 atom stereocenters. The molecule has 1 aliphatic heterocycles. The van der Waals surface area contributed by atoms with Crippen molar-refractivity contribution in [2.45, 2.75) is 4.32 Å². The average molecular weight is 270 g/mol. The summed E-state index contributed by atoms with van der Waals surface area (Å²) in [5.74, 6) is -0.421. The monoisotopic (exact) mass is 269 g/mol. The molecule has 0 aliphatic carbocycles. The molecule has 5 heteroatoms. The lowest BCUT2D eigenvalue weighted by molar-refractivity contribution is -0.00695. The van der Waals surface area contributed by atoms with E-state index in [9.17, 15) is 4.79 Å². The van der Waals surface area contributed by atoms with Crippen molar-refractivity contribution in [2.75, 3.05) is 13.2 Å². The molecule has 2 aromatic rings. The largest absolute Gasteiger partial charge is 0.417 e. The zero-order valence-electron chi connectivity index (χ0n) is 7.75. The number of oxazole rings is 1. The third-order valence-corrected chi connectivity index (χ3v) is 3.52. The van der Waals surface area contributed by atoms with Gasteiger partial charge in [0, 0.05) is 0 Å². The highest BCUT2D eigenvalue weighted by Gasteiger charge is 2.37. The lowest BCUT2D eigenvalue weighted by Gasteiger charge is -2.36. The predicted molar refractivity (Wildman–Crippen MR) is 58.3 cm³/mol. The lowest BCUT2D eigenvalue weighted by atomic mass is 9.97. The molecule has 0 saturated carbocycles. The molecule has 0 spiro atoms. The highest BCUT2D eigenvalue weighted by molar-refractivity contribution is 9.09. The van der Waals surface area contributed by atoms with Crippen molar-refractivity contribution in [3.8, 4) is 0 Å². The number of aromatic nitrogens is 1. The van der Waals surface area contributed by atoms with Gasteiger partial charge in [0.15, 0.2) is 5.58 Å². The van der Waals surface area contributed by atoms with Gasteiger partial charge in [-0.15, -0.1) is 0 Å². The molecule has 0 radical (unpaired) electrons. The quantitative estimate of drug-likeness (QED) is 0.803. The highest BCUT2D eigenvalue weighted by Crippen LogP contribution is 2.39. The van der Waals surface area contributed by atoms with Crippen molar-refractivity contribution in [1.29, 1.82) is 0 Å². The second-order valence-corrected chi connectivity index (χ2v) is 5.20. The van der Waals surface area contributed by atoms with Crippen molar-refractivity contribution in [3.63, 3.8) is 0 Å². The fourth-order valence-electron chi connectivity index (χ4n) is 1.67. The van der Waals surface area contributed by atoms with Gasteiger partial charge in [-0.25, -0.2) is 4.79 Å².